The fourth-order valence-corrected chi connectivity index (χ4v) is 5.45. The lowest BCUT2D eigenvalue weighted by Crippen LogP contribution is -2.51. The molecule has 1 aliphatic heterocycles. The van der Waals surface area contributed by atoms with Gasteiger partial charge in [-0.3, -0.25) is 0 Å². The molecule has 0 bridgehead atoms. The lowest BCUT2D eigenvalue weighted by Gasteiger charge is -2.39. The van der Waals surface area contributed by atoms with E-state index in [9.17, 15) is 8.42 Å². The molecule has 2 unspecified atom stereocenters. The van der Waals surface area contributed by atoms with Gasteiger partial charge < -0.3 is 0 Å². The summed E-state index contributed by atoms with van der Waals surface area (Å²) in [6.07, 6.45) is 6.76. The molecule has 0 aromatic carbocycles. The molecule has 19 heavy (non-hydrogen) atoms. The van der Waals surface area contributed by atoms with E-state index in [1.165, 1.54) is 6.42 Å². The summed E-state index contributed by atoms with van der Waals surface area (Å²) in [6, 6.07) is 0.214. The van der Waals surface area contributed by atoms with Crippen molar-refractivity contribution in [3.05, 3.63) is 0 Å². The number of hydrogen-bond donors (Lipinski definition) is 0. The van der Waals surface area contributed by atoms with Crippen LogP contribution in [0.25, 0.3) is 0 Å². The third-order valence-electron chi connectivity index (χ3n) is 4.61. The Labute approximate surface area is 118 Å². The Hall–Kier alpha value is -0.130. The van der Waals surface area contributed by atoms with Crippen molar-refractivity contribution in [1.82, 2.24) is 8.61 Å². The van der Waals surface area contributed by atoms with E-state index < -0.39 is 10.2 Å². The summed E-state index contributed by atoms with van der Waals surface area (Å²) < 4.78 is 28.8. The van der Waals surface area contributed by atoms with Crippen molar-refractivity contribution in [2.24, 2.45) is 11.8 Å². The maximum atomic E-state index is 12.7. The molecule has 0 spiro atoms. The highest BCUT2D eigenvalue weighted by Crippen LogP contribution is 2.28. The van der Waals surface area contributed by atoms with Crippen molar-refractivity contribution in [2.45, 2.75) is 58.4 Å². The van der Waals surface area contributed by atoms with Gasteiger partial charge >= 0.3 is 0 Å². The molecule has 0 amide bonds. The second kappa shape index (κ2) is 6.10. The molecule has 0 N–H and O–H groups in total. The van der Waals surface area contributed by atoms with E-state index in [0.29, 0.717) is 24.9 Å². The minimum Gasteiger partial charge on any atom is -0.195 e. The quantitative estimate of drug-likeness (QED) is 0.800. The van der Waals surface area contributed by atoms with Crippen LogP contribution in [0.4, 0.5) is 0 Å². The van der Waals surface area contributed by atoms with Crippen LogP contribution in [0.15, 0.2) is 0 Å². The average molecular weight is 288 g/mol. The molecular formula is C14H28N2O2S. The molecule has 0 aromatic rings. The monoisotopic (exact) mass is 288 g/mol. The van der Waals surface area contributed by atoms with Gasteiger partial charge in [0.05, 0.1) is 0 Å². The van der Waals surface area contributed by atoms with Gasteiger partial charge in [-0.15, -0.1) is 0 Å². The third kappa shape index (κ3) is 3.50. The number of nitrogens with zero attached hydrogens (tertiary/aromatic N) is 2. The van der Waals surface area contributed by atoms with E-state index in [0.717, 1.165) is 32.1 Å². The zero-order valence-electron chi connectivity index (χ0n) is 12.5. The van der Waals surface area contributed by atoms with E-state index in [4.69, 9.17) is 0 Å². The second-order valence-corrected chi connectivity index (χ2v) is 8.57. The summed E-state index contributed by atoms with van der Waals surface area (Å²) in [4.78, 5) is 0. The van der Waals surface area contributed by atoms with Crippen LogP contribution in [-0.4, -0.2) is 43.2 Å². The van der Waals surface area contributed by atoms with Crippen LogP contribution in [0.2, 0.25) is 0 Å². The van der Waals surface area contributed by atoms with Gasteiger partial charge in [-0.25, -0.2) is 0 Å². The minimum atomic E-state index is -3.26. The van der Waals surface area contributed by atoms with Crippen molar-refractivity contribution in [1.29, 1.82) is 0 Å². The topological polar surface area (TPSA) is 40.6 Å². The molecule has 1 heterocycles. The molecule has 4 nitrogen and oxygen atoms in total. The maximum Gasteiger partial charge on any atom is 0.281 e. The molecule has 1 aliphatic carbocycles. The van der Waals surface area contributed by atoms with Gasteiger partial charge in [-0.2, -0.15) is 17.0 Å². The van der Waals surface area contributed by atoms with Gasteiger partial charge in [0.25, 0.3) is 10.2 Å². The molecule has 2 rings (SSSR count). The summed E-state index contributed by atoms with van der Waals surface area (Å²) >= 11 is 0. The summed E-state index contributed by atoms with van der Waals surface area (Å²) in [6.45, 7) is 5.67. The highest BCUT2D eigenvalue weighted by Gasteiger charge is 2.36. The molecule has 5 heteroatoms. The SMILES string of the molecule is CC1CC(C)CN(S(=O)(=O)N(C)C2CCCCC2)C1. The first-order chi connectivity index (χ1) is 8.91. The highest BCUT2D eigenvalue weighted by atomic mass is 32.2. The molecule has 2 atom stereocenters. The van der Waals surface area contributed by atoms with Gasteiger partial charge in [-0.1, -0.05) is 33.1 Å². The first kappa shape index (κ1) is 15.3. The predicted molar refractivity (Wildman–Crippen MR) is 78.1 cm³/mol. The number of hydrogen-bond acceptors (Lipinski definition) is 2. The summed E-state index contributed by atoms with van der Waals surface area (Å²) in [7, 11) is -1.49. The van der Waals surface area contributed by atoms with Crippen molar-refractivity contribution in [2.75, 3.05) is 20.1 Å². The Bertz CT molecular complexity index is 380. The van der Waals surface area contributed by atoms with Crippen molar-refractivity contribution in [3.63, 3.8) is 0 Å². The third-order valence-corrected chi connectivity index (χ3v) is 6.59. The smallest absolute Gasteiger partial charge is 0.195 e. The first-order valence-electron chi connectivity index (χ1n) is 7.64. The molecule has 2 fully saturated rings. The lowest BCUT2D eigenvalue weighted by molar-refractivity contribution is 0.198. The van der Waals surface area contributed by atoms with Crippen LogP contribution >= 0.6 is 0 Å². The van der Waals surface area contributed by atoms with E-state index >= 15 is 0 Å². The Morgan fingerprint density at radius 1 is 1.00 bits per heavy atom. The van der Waals surface area contributed by atoms with E-state index in [-0.39, 0.29) is 6.04 Å². The zero-order valence-corrected chi connectivity index (χ0v) is 13.3. The lowest BCUT2D eigenvalue weighted by atomic mass is 9.94. The van der Waals surface area contributed by atoms with E-state index in [1.54, 1.807) is 15.7 Å². The van der Waals surface area contributed by atoms with Gasteiger partial charge in [0.2, 0.25) is 0 Å². The van der Waals surface area contributed by atoms with Crippen LogP contribution in [0, 0.1) is 11.8 Å². The minimum absolute atomic E-state index is 0.214. The Kier molecular flexibility index (Phi) is 4.90. The predicted octanol–water partition coefficient (Wildman–Crippen LogP) is 2.47. The largest absolute Gasteiger partial charge is 0.281 e. The maximum absolute atomic E-state index is 12.7. The zero-order chi connectivity index (χ0) is 14.0. The van der Waals surface area contributed by atoms with Crippen molar-refractivity contribution >= 4 is 10.2 Å². The van der Waals surface area contributed by atoms with Gasteiger partial charge in [-0.05, 0) is 31.1 Å². The standard InChI is InChI=1S/C14H28N2O2S/c1-12-9-13(2)11-16(10-12)19(17,18)15(3)14-7-5-4-6-8-14/h12-14H,4-11H2,1-3H3. The molecule has 0 aromatic heterocycles. The van der Waals surface area contributed by atoms with Crippen LogP contribution in [0.5, 0.6) is 0 Å². The normalized spacial score (nSPS) is 31.8. The van der Waals surface area contributed by atoms with Crippen LogP contribution in [0.1, 0.15) is 52.4 Å². The van der Waals surface area contributed by atoms with Crippen molar-refractivity contribution < 1.29 is 8.42 Å². The molecule has 2 aliphatic rings. The van der Waals surface area contributed by atoms with Crippen LogP contribution < -0.4 is 0 Å². The first-order valence-corrected chi connectivity index (χ1v) is 9.04. The van der Waals surface area contributed by atoms with Crippen LogP contribution in [0.3, 0.4) is 0 Å². The van der Waals surface area contributed by atoms with E-state index in [2.05, 4.69) is 13.8 Å². The second-order valence-electron chi connectivity index (χ2n) is 6.58. The Morgan fingerprint density at radius 2 is 1.53 bits per heavy atom. The average Bonchev–Trinajstić information content (AvgIpc) is 2.37. The van der Waals surface area contributed by atoms with Gasteiger partial charge in [0, 0.05) is 26.2 Å². The van der Waals surface area contributed by atoms with Crippen LogP contribution in [-0.2, 0) is 10.2 Å². The van der Waals surface area contributed by atoms with Crippen molar-refractivity contribution in [3.8, 4) is 0 Å². The van der Waals surface area contributed by atoms with Gasteiger partial charge in [0.1, 0.15) is 0 Å². The summed E-state index contributed by atoms with van der Waals surface area (Å²) in [5, 5.41) is 0. The number of piperidine rings is 1. The fourth-order valence-electron chi connectivity index (χ4n) is 3.61. The molecule has 1 saturated heterocycles. The summed E-state index contributed by atoms with van der Waals surface area (Å²) in [5.41, 5.74) is 0. The summed E-state index contributed by atoms with van der Waals surface area (Å²) in [5.74, 6) is 0.941. The Morgan fingerprint density at radius 3 is 2.05 bits per heavy atom. The molecule has 112 valence electrons. The highest BCUT2D eigenvalue weighted by molar-refractivity contribution is 7.86. The molecule has 0 radical (unpaired) electrons. The molecule has 1 saturated carbocycles. The fraction of sp³-hybridized carbons (Fsp3) is 1.00. The van der Waals surface area contributed by atoms with Gasteiger partial charge in [0.15, 0.2) is 0 Å². The number of rotatable bonds is 3. The Balaban J connectivity index is 2.07. The van der Waals surface area contributed by atoms with E-state index in [1.807, 2.05) is 0 Å². The molecular weight excluding hydrogens is 260 g/mol.